The van der Waals surface area contributed by atoms with E-state index in [1.54, 1.807) is 25.3 Å². The Kier molecular flexibility index (Phi) is 8.44. The minimum absolute atomic E-state index is 0.0880. The van der Waals surface area contributed by atoms with Gasteiger partial charge in [0.25, 0.3) is 5.91 Å². The van der Waals surface area contributed by atoms with Crippen LogP contribution in [-0.2, 0) is 21.7 Å². The van der Waals surface area contributed by atoms with Gasteiger partial charge < -0.3 is 13.9 Å². The van der Waals surface area contributed by atoms with E-state index in [0.29, 0.717) is 33.9 Å². The lowest BCUT2D eigenvalue weighted by Crippen LogP contribution is -2.32. The average Bonchev–Trinajstić information content (AvgIpc) is 2.91. The number of rotatable bonds is 4. The zero-order valence-electron chi connectivity index (χ0n) is 29.0. The van der Waals surface area contributed by atoms with Gasteiger partial charge in [0.15, 0.2) is 22.8 Å². The van der Waals surface area contributed by atoms with E-state index in [1.807, 2.05) is 0 Å². The van der Waals surface area contributed by atoms with Gasteiger partial charge in [0.2, 0.25) is 0 Å². The lowest BCUT2D eigenvalue weighted by atomic mass is 9.78. The first-order valence-electron chi connectivity index (χ1n) is 15.2. The van der Waals surface area contributed by atoms with Crippen LogP contribution < -0.4 is 20.3 Å². The summed E-state index contributed by atoms with van der Waals surface area (Å²) >= 11 is 0. The van der Waals surface area contributed by atoms with Gasteiger partial charge in [-0.1, -0.05) is 89.2 Å². The summed E-state index contributed by atoms with van der Waals surface area (Å²) in [7, 11) is 3.10. The molecule has 0 aromatic heterocycles. The van der Waals surface area contributed by atoms with Crippen LogP contribution >= 0.6 is 0 Å². The van der Waals surface area contributed by atoms with Crippen molar-refractivity contribution >= 4 is 17.0 Å². The second-order valence-corrected chi connectivity index (χ2v) is 15.7. The molecule has 7 nitrogen and oxygen atoms in total. The Morgan fingerprint density at radius 1 is 0.727 bits per heavy atom. The van der Waals surface area contributed by atoms with Crippen LogP contribution in [0.2, 0.25) is 0 Å². The van der Waals surface area contributed by atoms with E-state index in [0.717, 1.165) is 27.8 Å². The van der Waals surface area contributed by atoms with Gasteiger partial charge in [-0.15, -0.1) is 0 Å². The fourth-order valence-electron chi connectivity index (χ4n) is 5.26. The predicted molar refractivity (Wildman–Crippen MR) is 178 cm³/mol. The van der Waals surface area contributed by atoms with Crippen molar-refractivity contribution in [2.24, 2.45) is 5.10 Å². The van der Waals surface area contributed by atoms with E-state index < -0.39 is 0 Å². The van der Waals surface area contributed by atoms with E-state index in [2.05, 4.69) is 107 Å². The van der Waals surface area contributed by atoms with Crippen molar-refractivity contribution in [2.75, 3.05) is 14.2 Å². The highest BCUT2D eigenvalue weighted by atomic mass is 16.5. The Balaban J connectivity index is 2.10. The molecule has 0 radical (unpaired) electrons. The minimum Gasteiger partial charge on any atom is -0.493 e. The van der Waals surface area contributed by atoms with Gasteiger partial charge in [0.05, 0.1) is 14.2 Å². The molecule has 0 spiro atoms. The van der Waals surface area contributed by atoms with Crippen molar-refractivity contribution in [3.05, 3.63) is 69.6 Å². The van der Waals surface area contributed by atoms with Crippen LogP contribution in [0.3, 0.4) is 0 Å². The Morgan fingerprint density at radius 2 is 1.32 bits per heavy atom. The first kappa shape index (κ1) is 33.0. The van der Waals surface area contributed by atoms with Crippen LogP contribution in [0.5, 0.6) is 11.5 Å². The van der Waals surface area contributed by atoms with Gasteiger partial charge in [-0.25, -0.2) is 10.4 Å². The van der Waals surface area contributed by atoms with E-state index in [-0.39, 0.29) is 27.6 Å². The van der Waals surface area contributed by atoms with Gasteiger partial charge in [-0.05, 0) is 63.1 Å². The maximum atomic E-state index is 13.4. The number of nitrogens with one attached hydrogen (secondary N) is 1. The Morgan fingerprint density at radius 3 is 1.84 bits per heavy atom. The van der Waals surface area contributed by atoms with Crippen LogP contribution in [0.1, 0.15) is 116 Å². The van der Waals surface area contributed by atoms with Crippen LogP contribution in [0.4, 0.5) is 0 Å². The van der Waals surface area contributed by atoms with E-state index >= 15 is 0 Å². The molecule has 1 heterocycles. The number of ether oxygens (including phenoxy) is 2. The molecule has 1 aliphatic carbocycles. The second kappa shape index (κ2) is 11.2. The van der Waals surface area contributed by atoms with Crippen molar-refractivity contribution in [1.82, 2.24) is 10.4 Å². The first-order chi connectivity index (χ1) is 20.2. The number of benzene rings is 3. The molecule has 1 aliphatic heterocycles. The SMILES string of the molecule is COc1ccc(C(=O)N/N=c2\c(C(C)(C)C)cc(C(C)(C)C)c3oc4c(C(C)(C)C)cc(C(C)(C)C)cc4nc2-3)cc1OC. The van der Waals surface area contributed by atoms with Gasteiger partial charge in [-0.3, -0.25) is 4.79 Å². The smallest absolute Gasteiger partial charge is 0.271 e. The first-order valence-corrected chi connectivity index (χ1v) is 15.2. The molecule has 1 N–H and O–H groups in total. The maximum absolute atomic E-state index is 13.4. The number of methoxy groups -OCH3 is 2. The summed E-state index contributed by atoms with van der Waals surface area (Å²) in [5.74, 6) is 1.31. The lowest BCUT2D eigenvalue weighted by Gasteiger charge is -2.30. The Labute approximate surface area is 262 Å². The molecular weight excluding hydrogens is 550 g/mol. The summed E-state index contributed by atoms with van der Waals surface area (Å²) in [6.45, 7) is 26.2. The number of nitrogens with zero attached hydrogens (tertiary/aromatic N) is 2. The quantitative estimate of drug-likeness (QED) is 0.188. The van der Waals surface area contributed by atoms with Crippen molar-refractivity contribution in [3.63, 3.8) is 0 Å². The molecular formula is C37H49N3O4. The highest BCUT2D eigenvalue weighted by molar-refractivity contribution is 5.94. The van der Waals surface area contributed by atoms with Gasteiger partial charge in [0, 0.05) is 16.7 Å². The molecule has 4 rings (SSSR count). The minimum atomic E-state index is -0.373. The topological polar surface area (TPSA) is 86.0 Å². The highest BCUT2D eigenvalue weighted by Crippen LogP contribution is 2.41. The number of hydrogen-bond acceptors (Lipinski definition) is 6. The number of carbonyl (C=O) groups excluding carboxylic acids is 1. The standard InChI is InChI=1S/C37H49N3O4/c1-34(2,3)22-18-24(36(7,8)9)31-26(19-22)38-30-29(23(35(4,5)6)20-25(32(30)44-31)37(10,11)12)39-40-33(41)21-15-16-27(42-13)28(17-21)43-14/h15-20H,1-14H3,(H,40,41)/b39-29+. The molecule has 0 fully saturated rings. The molecule has 236 valence electrons. The van der Waals surface area contributed by atoms with Crippen molar-refractivity contribution in [3.8, 4) is 23.0 Å². The molecule has 0 unspecified atom stereocenters. The van der Waals surface area contributed by atoms with Crippen molar-refractivity contribution in [1.29, 1.82) is 0 Å². The zero-order valence-corrected chi connectivity index (χ0v) is 29.0. The molecule has 2 aromatic carbocycles. The molecule has 2 aliphatic rings. The highest BCUT2D eigenvalue weighted by Gasteiger charge is 2.32. The number of aromatic nitrogens is 1. The number of fused-ring (bicyclic) bond motifs is 2. The summed E-state index contributed by atoms with van der Waals surface area (Å²) in [5, 5.41) is 5.34. The van der Waals surface area contributed by atoms with Crippen LogP contribution in [0.25, 0.3) is 22.6 Å². The van der Waals surface area contributed by atoms with Gasteiger partial charge in [-0.2, -0.15) is 5.10 Å². The summed E-state index contributed by atoms with van der Waals surface area (Å²) in [6.07, 6.45) is 0. The summed E-state index contributed by atoms with van der Waals surface area (Å²) < 4.78 is 17.7. The third-order valence-electron chi connectivity index (χ3n) is 7.94. The molecule has 44 heavy (non-hydrogen) atoms. The number of amides is 1. The second-order valence-electron chi connectivity index (χ2n) is 15.7. The molecule has 2 aromatic rings. The van der Waals surface area contributed by atoms with E-state index in [9.17, 15) is 4.79 Å². The zero-order chi connectivity index (χ0) is 33.0. The lowest BCUT2D eigenvalue weighted by molar-refractivity contribution is 0.0952. The number of carbonyl (C=O) groups is 1. The molecule has 0 saturated heterocycles. The number of hydrogen-bond donors (Lipinski definition) is 1. The molecule has 1 amide bonds. The van der Waals surface area contributed by atoms with E-state index in [1.165, 1.54) is 12.7 Å². The van der Waals surface area contributed by atoms with Gasteiger partial charge >= 0.3 is 0 Å². The normalized spacial score (nSPS) is 13.5. The maximum Gasteiger partial charge on any atom is 0.271 e. The monoisotopic (exact) mass is 599 g/mol. The third kappa shape index (κ3) is 6.47. The summed E-state index contributed by atoms with van der Waals surface area (Å²) in [4.78, 5) is 18.7. The van der Waals surface area contributed by atoms with Gasteiger partial charge in [0.1, 0.15) is 16.6 Å². The Bertz CT molecular complexity index is 1750. The van der Waals surface area contributed by atoms with Crippen LogP contribution in [0.15, 0.2) is 45.9 Å². The van der Waals surface area contributed by atoms with Crippen molar-refractivity contribution < 1.29 is 18.7 Å². The molecule has 0 atom stereocenters. The third-order valence-corrected chi connectivity index (χ3v) is 7.94. The Hall–Kier alpha value is -3.87. The summed E-state index contributed by atoms with van der Waals surface area (Å²) in [6, 6.07) is 11.6. The average molecular weight is 600 g/mol. The molecule has 7 heteroatoms. The van der Waals surface area contributed by atoms with Crippen LogP contribution in [-0.4, -0.2) is 25.1 Å². The van der Waals surface area contributed by atoms with E-state index in [4.69, 9.17) is 24.0 Å². The molecule has 0 bridgehead atoms. The fraction of sp³-hybridized carbons (Fsp3) is 0.486. The largest absolute Gasteiger partial charge is 0.493 e. The fourth-order valence-corrected chi connectivity index (χ4v) is 5.26. The predicted octanol–water partition coefficient (Wildman–Crippen LogP) is 8.39. The van der Waals surface area contributed by atoms with Crippen molar-refractivity contribution in [2.45, 2.75) is 105 Å². The molecule has 0 saturated carbocycles. The summed E-state index contributed by atoms with van der Waals surface area (Å²) in [5.41, 5.74) is 8.83. The van der Waals surface area contributed by atoms with Crippen LogP contribution in [0, 0.1) is 0 Å².